The highest BCUT2D eigenvalue weighted by Gasteiger charge is 2.27. The van der Waals surface area contributed by atoms with Crippen LogP contribution < -0.4 is 10.6 Å². The molecule has 0 saturated carbocycles. The van der Waals surface area contributed by atoms with Gasteiger partial charge in [-0.25, -0.2) is 0 Å². The maximum Gasteiger partial charge on any atom is 0.246 e. The summed E-state index contributed by atoms with van der Waals surface area (Å²) in [6.07, 6.45) is 0.247. The standard InChI is InChI=1S/C13H16N2O3/c1-8(16)9-4-2-3-5-10(9)15-13(18)11-6-7-12(17)14-11/h2-5,8,11,16H,6-7H2,1H3,(H,14,17)(H,15,18)/t8?,11-/m0/s1. The molecule has 2 amide bonds. The molecule has 5 heteroatoms. The Bertz CT molecular complexity index is 471. The van der Waals surface area contributed by atoms with Crippen molar-refractivity contribution in [1.82, 2.24) is 5.32 Å². The summed E-state index contributed by atoms with van der Waals surface area (Å²) >= 11 is 0. The van der Waals surface area contributed by atoms with Crippen LogP contribution in [-0.2, 0) is 9.59 Å². The third kappa shape index (κ3) is 2.68. The van der Waals surface area contributed by atoms with Crippen LogP contribution in [0, 0.1) is 0 Å². The third-order valence-electron chi connectivity index (χ3n) is 2.98. The Morgan fingerprint density at radius 1 is 1.50 bits per heavy atom. The summed E-state index contributed by atoms with van der Waals surface area (Å²) in [5.41, 5.74) is 1.24. The first-order chi connectivity index (χ1) is 8.58. The minimum atomic E-state index is -0.653. The van der Waals surface area contributed by atoms with Crippen molar-refractivity contribution in [2.75, 3.05) is 5.32 Å². The molecule has 1 aromatic carbocycles. The molecule has 2 rings (SSSR count). The monoisotopic (exact) mass is 248 g/mol. The first kappa shape index (κ1) is 12.6. The predicted molar refractivity (Wildman–Crippen MR) is 66.9 cm³/mol. The molecule has 1 aromatic rings. The van der Waals surface area contributed by atoms with Crippen LogP contribution in [-0.4, -0.2) is 23.0 Å². The molecule has 1 aliphatic heterocycles. The average molecular weight is 248 g/mol. The smallest absolute Gasteiger partial charge is 0.246 e. The van der Waals surface area contributed by atoms with Crippen LogP contribution in [0.5, 0.6) is 0 Å². The number of benzene rings is 1. The molecule has 96 valence electrons. The number of anilines is 1. The molecule has 18 heavy (non-hydrogen) atoms. The number of amides is 2. The van der Waals surface area contributed by atoms with Crippen LogP contribution in [0.2, 0.25) is 0 Å². The number of nitrogens with one attached hydrogen (secondary N) is 2. The highest BCUT2D eigenvalue weighted by molar-refractivity contribution is 5.99. The van der Waals surface area contributed by atoms with Gasteiger partial charge in [-0.15, -0.1) is 0 Å². The van der Waals surface area contributed by atoms with E-state index < -0.39 is 12.1 Å². The molecule has 0 aromatic heterocycles. The molecule has 1 unspecified atom stereocenters. The SMILES string of the molecule is CC(O)c1ccccc1NC(=O)[C@@H]1CCC(=O)N1. The van der Waals surface area contributed by atoms with E-state index in [1.807, 2.05) is 0 Å². The Morgan fingerprint density at radius 3 is 2.83 bits per heavy atom. The van der Waals surface area contributed by atoms with Gasteiger partial charge in [-0.05, 0) is 19.4 Å². The maximum atomic E-state index is 11.9. The zero-order valence-corrected chi connectivity index (χ0v) is 10.1. The van der Waals surface area contributed by atoms with Crippen molar-refractivity contribution in [3.8, 4) is 0 Å². The fraction of sp³-hybridized carbons (Fsp3) is 0.385. The number of aliphatic hydroxyl groups is 1. The Hall–Kier alpha value is -1.88. The summed E-state index contributed by atoms with van der Waals surface area (Å²) in [6.45, 7) is 1.64. The second kappa shape index (κ2) is 5.18. The average Bonchev–Trinajstić information content (AvgIpc) is 2.76. The van der Waals surface area contributed by atoms with Gasteiger partial charge in [0.25, 0.3) is 0 Å². The van der Waals surface area contributed by atoms with Crippen molar-refractivity contribution in [2.45, 2.75) is 31.9 Å². The Labute approximate surface area is 105 Å². The van der Waals surface area contributed by atoms with E-state index in [1.54, 1.807) is 31.2 Å². The first-order valence-electron chi connectivity index (χ1n) is 5.95. The number of hydrogen-bond acceptors (Lipinski definition) is 3. The summed E-state index contributed by atoms with van der Waals surface area (Å²) in [5.74, 6) is -0.340. The van der Waals surface area contributed by atoms with Crippen LogP contribution in [0.25, 0.3) is 0 Å². The number of hydrogen-bond donors (Lipinski definition) is 3. The minimum absolute atomic E-state index is 0.0982. The molecule has 0 spiro atoms. The van der Waals surface area contributed by atoms with E-state index in [0.717, 1.165) is 0 Å². The van der Waals surface area contributed by atoms with E-state index in [4.69, 9.17) is 0 Å². The lowest BCUT2D eigenvalue weighted by Crippen LogP contribution is -2.37. The molecule has 3 N–H and O–H groups in total. The lowest BCUT2D eigenvalue weighted by Gasteiger charge is -2.15. The van der Waals surface area contributed by atoms with E-state index in [-0.39, 0.29) is 11.8 Å². The van der Waals surface area contributed by atoms with Crippen molar-refractivity contribution < 1.29 is 14.7 Å². The van der Waals surface area contributed by atoms with Gasteiger partial charge in [-0.1, -0.05) is 18.2 Å². The van der Waals surface area contributed by atoms with Gasteiger partial charge in [-0.3, -0.25) is 9.59 Å². The highest BCUT2D eigenvalue weighted by Crippen LogP contribution is 2.22. The lowest BCUT2D eigenvalue weighted by molar-refractivity contribution is -0.122. The normalized spacial score (nSPS) is 20.3. The molecule has 5 nitrogen and oxygen atoms in total. The summed E-state index contributed by atoms with van der Waals surface area (Å²) < 4.78 is 0. The lowest BCUT2D eigenvalue weighted by atomic mass is 10.1. The van der Waals surface area contributed by atoms with Crippen molar-refractivity contribution >= 4 is 17.5 Å². The fourth-order valence-corrected chi connectivity index (χ4v) is 2.01. The van der Waals surface area contributed by atoms with Crippen LogP contribution in [0.4, 0.5) is 5.69 Å². The van der Waals surface area contributed by atoms with E-state index in [0.29, 0.717) is 24.1 Å². The van der Waals surface area contributed by atoms with E-state index in [9.17, 15) is 14.7 Å². The van der Waals surface area contributed by atoms with Gasteiger partial charge >= 0.3 is 0 Å². The quantitative estimate of drug-likeness (QED) is 0.745. The molecule has 2 atom stereocenters. The molecule has 0 aliphatic carbocycles. The van der Waals surface area contributed by atoms with Crippen LogP contribution >= 0.6 is 0 Å². The molecule has 1 fully saturated rings. The number of rotatable bonds is 3. The van der Waals surface area contributed by atoms with Gasteiger partial charge in [0.1, 0.15) is 6.04 Å². The number of carbonyl (C=O) groups is 2. The highest BCUT2D eigenvalue weighted by atomic mass is 16.3. The molecule has 1 saturated heterocycles. The molecular weight excluding hydrogens is 232 g/mol. The maximum absolute atomic E-state index is 11.9. The second-order valence-electron chi connectivity index (χ2n) is 4.41. The number of para-hydroxylation sites is 1. The van der Waals surface area contributed by atoms with Crippen LogP contribution in [0.3, 0.4) is 0 Å². The van der Waals surface area contributed by atoms with E-state index in [2.05, 4.69) is 10.6 Å². The zero-order valence-electron chi connectivity index (χ0n) is 10.1. The Kier molecular flexibility index (Phi) is 3.62. The van der Waals surface area contributed by atoms with Gasteiger partial charge in [0.05, 0.1) is 6.10 Å². The molecule has 0 bridgehead atoms. The van der Waals surface area contributed by atoms with Crippen LogP contribution in [0.15, 0.2) is 24.3 Å². The summed E-state index contributed by atoms with van der Waals surface area (Å²) in [6, 6.07) is 6.60. The first-order valence-corrected chi connectivity index (χ1v) is 5.95. The topological polar surface area (TPSA) is 78.4 Å². The Morgan fingerprint density at radius 2 is 2.22 bits per heavy atom. The molecule has 1 aliphatic rings. The number of carbonyl (C=O) groups excluding carboxylic acids is 2. The Balaban J connectivity index is 2.09. The largest absolute Gasteiger partial charge is 0.389 e. The van der Waals surface area contributed by atoms with Crippen molar-refractivity contribution in [2.24, 2.45) is 0 Å². The van der Waals surface area contributed by atoms with Gasteiger partial charge in [-0.2, -0.15) is 0 Å². The summed E-state index contributed by atoms with van der Waals surface area (Å²) in [5, 5.41) is 15.0. The number of aliphatic hydroxyl groups excluding tert-OH is 1. The summed E-state index contributed by atoms with van der Waals surface area (Å²) in [4.78, 5) is 23.0. The van der Waals surface area contributed by atoms with Crippen molar-refractivity contribution in [3.63, 3.8) is 0 Å². The van der Waals surface area contributed by atoms with Crippen molar-refractivity contribution in [1.29, 1.82) is 0 Å². The van der Waals surface area contributed by atoms with Crippen molar-refractivity contribution in [3.05, 3.63) is 29.8 Å². The van der Waals surface area contributed by atoms with Gasteiger partial charge in [0.2, 0.25) is 11.8 Å². The summed E-state index contributed by atoms with van der Waals surface area (Å²) in [7, 11) is 0. The van der Waals surface area contributed by atoms with Gasteiger partial charge < -0.3 is 15.7 Å². The zero-order chi connectivity index (χ0) is 13.1. The van der Waals surface area contributed by atoms with Crippen LogP contribution in [0.1, 0.15) is 31.4 Å². The fourth-order valence-electron chi connectivity index (χ4n) is 2.01. The predicted octanol–water partition coefficient (Wildman–Crippen LogP) is 0.957. The second-order valence-corrected chi connectivity index (χ2v) is 4.41. The molecule has 1 heterocycles. The molecule has 0 radical (unpaired) electrons. The van der Waals surface area contributed by atoms with E-state index in [1.165, 1.54) is 0 Å². The minimum Gasteiger partial charge on any atom is -0.389 e. The molecular formula is C13H16N2O3. The van der Waals surface area contributed by atoms with E-state index >= 15 is 0 Å². The van der Waals surface area contributed by atoms with Gasteiger partial charge in [0.15, 0.2) is 0 Å². The van der Waals surface area contributed by atoms with Gasteiger partial charge in [0, 0.05) is 17.7 Å². The third-order valence-corrected chi connectivity index (χ3v) is 2.98.